The van der Waals surface area contributed by atoms with Crippen LogP contribution in [-0.2, 0) is 35.1 Å². The highest BCUT2D eigenvalue weighted by molar-refractivity contribution is 5.97. The van der Waals surface area contributed by atoms with Crippen molar-refractivity contribution in [3.8, 4) is 0 Å². The molecule has 0 fully saturated rings. The van der Waals surface area contributed by atoms with E-state index in [0.717, 1.165) is 11.1 Å². The molecule has 0 aliphatic rings. The molecule has 0 aliphatic carbocycles. The zero-order valence-electron chi connectivity index (χ0n) is 18.5. The maximum atomic E-state index is 12.3. The predicted molar refractivity (Wildman–Crippen MR) is 117 cm³/mol. The van der Waals surface area contributed by atoms with Gasteiger partial charge in [-0.3, -0.25) is 9.59 Å². The number of ether oxygens (including phenoxy) is 4. The number of amides is 2. The molecule has 0 aliphatic heterocycles. The lowest BCUT2D eigenvalue weighted by Crippen LogP contribution is -2.35. The summed E-state index contributed by atoms with van der Waals surface area (Å²) in [5.41, 5.74) is 10.2. The summed E-state index contributed by atoms with van der Waals surface area (Å²) in [6.45, 7) is 4.61. The van der Waals surface area contributed by atoms with E-state index >= 15 is 0 Å². The van der Waals surface area contributed by atoms with Gasteiger partial charge in [-0.2, -0.15) is 0 Å². The molecule has 1 rings (SSSR count). The summed E-state index contributed by atoms with van der Waals surface area (Å²) < 4.78 is 20.7. The predicted octanol–water partition coefficient (Wildman–Crippen LogP) is 1.97. The Morgan fingerprint density at radius 2 is 1.66 bits per heavy atom. The molecule has 1 aromatic carbocycles. The molecule has 0 heterocycles. The summed E-state index contributed by atoms with van der Waals surface area (Å²) >= 11 is 0. The highest BCUT2D eigenvalue weighted by atomic mass is 16.5. The van der Waals surface area contributed by atoms with E-state index < -0.39 is 5.91 Å². The van der Waals surface area contributed by atoms with Crippen LogP contribution in [0.1, 0.15) is 17.5 Å². The summed E-state index contributed by atoms with van der Waals surface area (Å²) in [6, 6.07) is 7.77. The number of rotatable bonds is 17. The Morgan fingerprint density at radius 1 is 1.03 bits per heavy atom. The molecular formula is C21H31N5O6. The molecule has 0 aromatic heterocycles. The third-order valence-electron chi connectivity index (χ3n) is 3.94. The number of nitrogens with one attached hydrogen (secondary N) is 2. The highest BCUT2D eigenvalue weighted by Crippen LogP contribution is 2.03. The Hall–Kier alpha value is -3.11. The van der Waals surface area contributed by atoms with E-state index in [-0.39, 0.29) is 31.2 Å². The number of benzene rings is 1. The molecule has 0 bridgehead atoms. The zero-order chi connectivity index (χ0) is 23.4. The van der Waals surface area contributed by atoms with Gasteiger partial charge in [0.15, 0.2) is 0 Å². The van der Waals surface area contributed by atoms with Gasteiger partial charge >= 0.3 is 0 Å². The maximum Gasteiger partial charge on any atom is 0.271 e. The van der Waals surface area contributed by atoms with Gasteiger partial charge in [-0.05, 0) is 18.0 Å². The van der Waals surface area contributed by atoms with Gasteiger partial charge in [0.1, 0.15) is 12.0 Å². The summed E-state index contributed by atoms with van der Waals surface area (Å²) in [5, 5.41) is 8.62. The molecule has 11 nitrogen and oxygen atoms in total. The van der Waals surface area contributed by atoms with Crippen LogP contribution < -0.4 is 10.6 Å². The second kappa shape index (κ2) is 17.6. The monoisotopic (exact) mass is 449 g/mol. The average Bonchev–Trinajstić information content (AvgIpc) is 2.79. The Bertz CT molecular complexity index is 762. The van der Waals surface area contributed by atoms with Crippen LogP contribution >= 0.6 is 0 Å². The molecule has 0 saturated heterocycles. The first-order valence-electron chi connectivity index (χ1n) is 10.2. The number of carbonyl (C=O) groups excluding carboxylic acids is 2. The van der Waals surface area contributed by atoms with Crippen LogP contribution in [0.3, 0.4) is 0 Å². The summed E-state index contributed by atoms with van der Waals surface area (Å²) in [7, 11) is 1.40. The van der Waals surface area contributed by atoms with Crippen molar-refractivity contribution in [2.24, 2.45) is 5.11 Å². The SMILES string of the molecule is COC=C(NC(=O)CCOCCOCCOCCN=[N+]=[N-])C(=O)NCc1ccc(C)cc1. The number of hydrogen-bond donors (Lipinski definition) is 2. The van der Waals surface area contributed by atoms with E-state index in [1.165, 1.54) is 13.4 Å². The van der Waals surface area contributed by atoms with Crippen molar-refractivity contribution < 1.29 is 28.5 Å². The third-order valence-corrected chi connectivity index (χ3v) is 3.94. The molecule has 32 heavy (non-hydrogen) atoms. The molecule has 0 radical (unpaired) electrons. The molecule has 2 N–H and O–H groups in total. The van der Waals surface area contributed by atoms with Crippen molar-refractivity contribution in [1.29, 1.82) is 0 Å². The summed E-state index contributed by atoms with van der Waals surface area (Å²) in [4.78, 5) is 27.0. The third kappa shape index (κ3) is 13.2. The Morgan fingerprint density at radius 3 is 2.28 bits per heavy atom. The normalized spacial score (nSPS) is 10.9. The maximum absolute atomic E-state index is 12.3. The molecule has 0 saturated carbocycles. The van der Waals surface area contributed by atoms with Crippen molar-refractivity contribution >= 4 is 11.8 Å². The molecule has 2 amide bonds. The van der Waals surface area contributed by atoms with Gasteiger partial charge in [0, 0.05) is 18.0 Å². The van der Waals surface area contributed by atoms with Gasteiger partial charge in [-0.15, -0.1) is 0 Å². The van der Waals surface area contributed by atoms with Gasteiger partial charge in [0.05, 0.1) is 53.2 Å². The summed E-state index contributed by atoms with van der Waals surface area (Å²) in [5.74, 6) is -0.815. The quantitative estimate of drug-likeness (QED) is 0.0929. The smallest absolute Gasteiger partial charge is 0.271 e. The Kier molecular flexibility index (Phi) is 14.8. The molecule has 0 unspecified atom stereocenters. The number of nitrogens with zero attached hydrogens (tertiary/aromatic N) is 3. The van der Waals surface area contributed by atoms with Gasteiger partial charge in [0.25, 0.3) is 5.91 Å². The minimum absolute atomic E-state index is 0.0217. The van der Waals surface area contributed by atoms with Gasteiger partial charge in [0.2, 0.25) is 5.91 Å². The fourth-order valence-corrected chi connectivity index (χ4v) is 2.31. The largest absolute Gasteiger partial charge is 0.502 e. The fraction of sp³-hybridized carbons (Fsp3) is 0.524. The molecule has 1 aromatic rings. The van der Waals surface area contributed by atoms with Crippen molar-refractivity contribution in [3.63, 3.8) is 0 Å². The number of hydrogen-bond acceptors (Lipinski definition) is 7. The molecule has 176 valence electrons. The van der Waals surface area contributed by atoms with E-state index in [1.807, 2.05) is 31.2 Å². The number of aryl methyl sites for hydroxylation is 1. The van der Waals surface area contributed by atoms with E-state index in [4.69, 9.17) is 24.5 Å². The van der Waals surface area contributed by atoms with Gasteiger partial charge in [-0.25, -0.2) is 0 Å². The summed E-state index contributed by atoms with van der Waals surface area (Å²) in [6.07, 6.45) is 1.26. The van der Waals surface area contributed by atoms with E-state index in [9.17, 15) is 9.59 Å². The van der Waals surface area contributed by atoms with Gasteiger partial charge in [-0.1, -0.05) is 34.9 Å². The minimum atomic E-state index is -0.447. The average molecular weight is 450 g/mol. The van der Waals surface area contributed by atoms with E-state index in [1.54, 1.807) is 0 Å². The zero-order valence-corrected chi connectivity index (χ0v) is 18.5. The number of carbonyl (C=O) groups is 2. The van der Waals surface area contributed by atoms with Crippen LogP contribution in [-0.4, -0.2) is 65.1 Å². The Balaban J connectivity index is 2.16. The van der Waals surface area contributed by atoms with E-state index in [0.29, 0.717) is 39.6 Å². The lowest BCUT2D eigenvalue weighted by atomic mass is 10.1. The fourth-order valence-electron chi connectivity index (χ4n) is 2.31. The van der Waals surface area contributed by atoms with Crippen molar-refractivity contribution in [2.75, 3.05) is 53.3 Å². The number of methoxy groups -OCH3 is 1. The van der Waals surface area contributed by atoms with Gasteiger partial charge < -0.3 is 29.6 Å². The molecule has 0 atom stereocenters. The molecule has 11 heteroatoms. The highest BCUT2D eigenvalue weighted by Gasteiger charge is 2.13. The van der Waals surface area contributed by atoms with Crippen LogP contribution in [0.5, 0.6) is 0 Å². The topological polar surface area (TPSA) is 144 Å². The van der Waals surface area contributed by atoms with Crippen LogP contribution in [0.2, 0.25) is 0 Å². The number of azide groups is 1. The van der Waals surface area contributed by atoms with Crippen molar-refractivity contribution in [3.05, 3.63) is 57.8 Å². The molecule has 0 spiro atoms. The van der Waals surface area contributed by atoms with Crippen molar-refractivity contribution in [1.82, 2.24) is 10.6 Å². The van der Waals surface area contributed by atoms with E-state index in [2.05, 4.69) is 20.7 Å². The second-order valence-electron chi connectivity index (χ2n) is 6.53. The Labute approximate surface area is 187 Å². The standard InChI is InChI=1S/C21H31N5O6/c1-17-3-5-18(6-4-17)15-23-21(28)19(16-29-2)25-20(27)7-9-30-11-13-32-14-12-31-10-8-24-26-22/h3-6,16H,7-15H2,1-2H3,(H,23,28)(H,25,27). The van der Waals surface area contributed by atoms with Crippen LogP contribution in [0.4, 0.5) is 0 Å². The first kappa shape index (κ1) is 26.9. The van der Waals surface area contributed by atoms with Crippen molar-refractivity contribution in [2.45, 2.75) is 19.9 Å². The molecular weight excluding hydrogens is 418 g/mol. The first-order valence-corrected chi connectivity index (χ1v) is 10.2. The lowest BCUT2D eigenvalue weighted by molar-refractivity contribution is -0.124. The van der Waals surface area contributed by atoms with Crippen LogP contribution in [0.25, 0.3) is 10.4 Å². The van der Waals surface area contributed by atoms with Crippen LogP contribution in [0, 0.1) is 6.92 Å². The van der Waals surface area contributed by atoms with Crippen LogP contribution in [0.15, 0.2) is 41.3 Å². The minimum Gasteiger partial charge on any atom is -0.502 e. The lowest BCUT2D eigenvalue weighted by Gasteiger charge is -2.11. The first-order chi connectivity index (χ1) is 15.6. The second-order valence-corrected chi connectivity index (χ2v) is 6.53.